The summed E-state index contributed by atoms with van der Waals surface area (Å²) >= 11 is 0. The molecule has 0 bridgehead atoms. The van der Waals surface area contributed by atoms with E-state index in [4.69, 9.17) is 0 Å². The van der Waals surface area contributed by atoms with Crippen molar-refractivity contribution >= 4 is 32.9 Å². The number of azo groups is 1. The van der Waals surface area contributed by atoms with Crippen molar-refractivity contribution in [3.63, 3.8) is 0 Å². The molecule has 0 fully saturated rings. The maximum Gasteiger partial charge on any atom is 0.0935 e. The van der Waals surface area contributed by atoms with Crippen molar-refractivity contribution in [2.24, 2.45) is 10.2 Å². The van der Waals surface area contributed by atoms with Gasteiger partial charge in [0, 0.05) is 10.8 Å². The molecule has 0 atom stereocenters. The van der Waals surface area contributed by atoms with Crippen LogP contribution in [0.3, 0.4) is 0 Å². The molecule has 5 rings (SSSR count). The van der Waals surface area contributed by atoms with E-state index in [1.165, 1.54) is 10.8 Å². The minimum atomic E-state index is 0.894. The zero-order valence-corrected chi connectivity index (χ0v) is 15.4. The first-order chi connectivity index (χ1) is 13.9. The molecular formula is C26H20N2. The second kappa shape index (κ2) is 8.74. The van der Waals surface area contributed by atoms with Gasteiger partial charge in [0.05, 0.1) is 11.4 Å². The summed E-state index contributed by atoms with van der Waals surface area (Å²) in [5.74, 6) is 0. The number of hydrogen-bond acceptors (Lipinski definition) is 2. The molecule has 0 heterocycles. The van der Waals surface area contributed by atoms with E-state index in [1.54, 1.807) is 0 Å². The molecule has 0 aliphatic heterocycles. The van der Waals surface area contributed by atoms with Gasteiger partial charge in [0.2, 0.25) is 0 Å². The summed E-state index contributed by atoms with van der Waals surface area (Å²) in [5.41, 5.74) is 1.79. The largest absolute Gasteiger partial charge is 0.150 e. The minimum absolute atomic E-state index is 0.894. The number of hydrogen-bond donors (Lipinski definition) is 0. The molecule has 0 spiro atoms. The highest BCUT2D eigenvalue weighted by Crippen LogP contribution is 2.30. The molecule has 5 aromatic rings. The van der Waals surface area contributed by atoms with E-state index in [9.17, 15) is 0 Å². The Kier molecular flexibility index (Phi) is 5.50. The van der Waals surface area contributed by atoms with Crippen LogP contribution in [0.1, 0.15) is 0 Å². The summed E-state index contributed by atoms with van der Waals surface area (Å²) in [6, 6.07) is 40.7. The standard InChI is InChI=1S/C20H14N2.C6H6/c1-3-11-17-15(7-1)9-5-13-19(17)21-22-20-14-6-10-16-8-2-4-12-18(16)20;1-2-4-6-5-3-1/h1-14H;1-6H. The molecule has 28 heavy (non-hydrogen) atoms. The van der Waals surface area contributed by atoms with Gasteiger partial charge in [-0.05, 0) is 22.9 Å². The van der Waals surface area contributed by atoms with E-state index in [-0.39, 0.29) is 0 Å². The molecule has 0 aromatic heterocycles. The fraction of sp³-hybridized carbons (Fsp3) is 0. The van der Waals surface area contributed by atoms with Crippen LogP contribution in [0.5, 0.6) is 0 Å². The molecule has 0 N–H and O–H groups in total. The first-order valence-electron chi connectivity index (χ1n) is 9.29. The van der Waals surface area contributed by atoms with Gasteiger partial charge in [0.25, 0.3) is 0 Å². The Morgan fingerprint density at radius 2 is 0.679 bits per heavy atom. The molecule has 0 amide bonds. The molecule has 0 unspecified atom stereocenters. The zero-order chi connectivity index (χ0) is 19.0. The predicted octanol–water partition coefficient (Wildman–Crippen LogP) is 8.10. The molecule has 0 aliphatic rings. The van der Waals surface area contributed by atoms with E-state index in [2.05, 4.69) is 46.6 Å². The minimum Gasteiger partial charge on any atom is -0.150 e. The van der Waals surface area contributed by atoms with Crippen molar-refractivity contribution in [1.82, 2.24) is 0 Å². The highest BCUT2D eigenvalue weighted by molar-refractivity contribution is 5.93. The summed E-state index contributed by atoms with van der Waals surface area (Å²) in [4.78, 5) is 0. The molecule has 0 saturated carbocycles. The number of benzene rings is 5. The molecule has 2 nitrogen and oxygen atoms in total. The lowest BCUT2D eigenvalue weighted by molar-refractivity contribution is 1.25. The Balaban J connectivity index is 0.000000275. The van der Waals surface area contributed by atoms with E-state index < -0.39 is 0 Å². The Hall–Kier alpha value is -3.78. The van der Waals surface area contributed by atoms with Crippen LogP contribution in [0.25, 0.3) is 21.5 Å². The van der Waals surface area contributed by atoms with Gasteiger partial charge in [-0.1, -0.05) is 109 Å². The van der Waals surface area contributed by atoms with Crippen LogP contribution in [0.15, 0.2) is 132 Å². The van der Waals surface area contributed by atoms with Crippen LogP contribution in [0, 0.1) is 0 Å². The summed E-state index contributed by atoms with van der Waals surface area (Å²) < 4.78 is 0. The molecule has 2 heteroatoms. The van der Waals surface area contributed by atoms with Gasteiger partial charge in [-0.2, -0.15) is 0 Å². The van der Waals surface area contributed by atoms with Crippen molar-refractivity contribution in [1.29, 1.82) is 0 Å². The summed E-state index contributed by atoms with van der Waals surface area (Å²) in [6.07, 6.45) is 0. The lowest BCUT2D eigenvalue weighted by atomic mass is 10.1. The lowest BCUT2D eigenvalue weighted by Gasteiger charge is -2.02. The normalized spacial score (nSPS) is 10.7. The SMILES string of the molecule is c1ccc2c(N=Nc3cccc4ccccc34)cccc2c1.c1ccccc1. The third-order valence-corrected chi connectivity index (χ3v) is 4.47. The maximum absolute atomic E-state index is 4.48. The smallest absolute Gasteiger partial charge is 0.0935 e. The third-order valence-electron chi connectivity index (χ3n) is 4.47. The molecular weight excluding hydrogens is 340 g/mol. The third kappa shape index (κ3) is 4.13. The van der Waals surface area contributed by atoms with Crippen LogP contribution in [0.2, 0.25) is 0 Å². The first kappa shape index (κ1) is 17.6. The van der Waals surface area contributed by atoms with Gasteiger partial charge in [-0.15, -0.1) is 10.2 Å². The summed E-state index contributed by atoms with van der Waals surface area (Å²) in [6.45, 7) is 0. The number of fused-ring (bicyclic) bond motifs is 2. The van der Waals surface area contributed by atoms with E-state index in [0.717, 1.165) is 22.1 Å². The quantitative estimate of drug-likeness (QED) is 0.284. The van der Waals surface area contributed by atoms with E-state index in [1.807, 2.05) is 84.9 Å². The Bertz CT molecular complexity index is 1090. The summed E-state index contributed by atoms with van der Waals surface area (Å²) in [5, 5.41) is 13.6. The van der Waals surface area contributed by atoms with Crippen molar-refractivity contribution in [3.05, 3.63) is 121 Å². The molecule has 5 aromatic carbocycles. The van der Waals surface area contributed by atoms with E-state index >= 15 is 0 Å². The number of nitrogens with zero attached hydrogens (tertiary/aromatic N) is 2. The fourth-order valence-corrected chi connectivity index (χ4v) is 3.08. The molecule has 0 radical (unpaired) electrons. The Morgan fingerprint density at radius 1 is 0.321 bits per heavy atom. The van der Waals surface area contributed by atoms with Crippen molar-refractivity contribution < 1.29 is 0 Å². The molecule has 0 saturated heterocycles. The molecule has 134 valence electrons. The van der Waals surface area contributed by atoms with Crippen molar-refractivity contribution in [3.8, 4) is 0 Å². The highest BCUT2D eigenvalue weighted by atomic mass is 15.1. The van der Waals surface area contributed by atoms with Gasteiger partial charge >= 0.3 is 0 Å². The summed E-state index contributed by atoms with van der Waals surface area (Å²) in [7, 11) is 0. The van der Waals surface area contributed by atoms with Crippen molar-refractivity contribution in [2.75, 3.05) is 0 Å². The van der Waals surface area contributed by atoms with Crippen LogP contribution in [-0.2, 0) is 0 Å². The maximum atomic E-state index is 4.48. The van der Waals surface area contributed by atoms with E-state index in [0.29, 0.717) is 0 Å². The highest BCUT2D eigenvalue weighted by Gasteiger charge is 2.01. The van der Waals surface area contributed by atoms with Gasteiger partial charge < -0.3 is 0 Å². The van der Waals surface area contributed by atoms with Gasteiger partial charge in [0.15, 0.2) is 0 Å². The Labute approximate surface area is 164 Å². The fourth-order valence-electron chi connectivity index (χ4n) is 3.08. The van der Waals surface area contributed by atoms with Crippen LogP contribution in [-0.4, -0.2) is 0 Å². The predicted molar refractivity (Wildman–Crippen MR) is 119 cm³/mol. The Morgan fingerprint density at radius 3 is 1.11 bits per heavy atom. The second-order valence-corrected chi connectivity index (χ2v) is 6.35. The van der Waals surface area contributed by atoms with Crippen molar-refractivity contribution in [2.45, 2.75) is 0 Å². The first-order valence-corrected chi connectivity index (χ1v) is 9.29. The zero-order valence-electron chi connectivity index (χ0n) is 15.4. The molecule has 0 aliphatic carbocycles. The van der Waals surface area contributed by atoms with Crippen LogP contribution >= 0.6 is 0 Å². The average Bonchev–Trinajstić information content (AvgIpc) is 2.79. The topological polar surface area (TPSA) is 24.7 Å². The average molecular weight is 360 g/mol. The van der Waals surface area contributed by atoms with Gasteiger partial charge in [0.1, 0.15) is 0 Å². The van der Waals surface area contributed by atoms with Gasteiger partial charge in [-0.3, -0.25) is 0 Å². The second-order valence-electron chi connectivity index (χ2n) is 6.35. The monoisotopic (exact) mass is 360 g/mol. The van der Waals surface area contributed by atoms with Gasteiger partial charge in [-0.25, -0.2) is 0 Å². The number of rotatable bonds is 2. The van der Waals surface area contributed by atoms with Crippen LogP contribution in [0.4, 0.5) is 11.4 Å². The lowest BCUT2D eigenvalue weighted by Crippen LogP contribution is -1.74. The van der Waals surface area contributed by atoms with Crippen LogP contribution < -0.4 is 0 Å².